The molecule has 3 saturated heterocycles. The Kier molecular flexibility index (Phi) is 5.52. The molecule has 0 aromatic heterocycles. The third-order valence-corrected chi connectivity index (χ3v) is 10.9. The molecule has 3 heterocycles. The maximum Gasteiger partial charge on any atom is 0.419 e. The van der Waals surface area contributed by atoms with Gasteiger partial charge < -0.3 is 23.4 Å². The fourth-order valence-corrected chi connectivity index (χ4v) is 5.06. The summed E-state index contributed by atoms with van der Waals surface area (Å²) >= 11 is 0. The van der Waals surface area contributed by atoms with Crippen LogP contribution < -0.4 is 0 Å². The van der Waals surface area contributed by atoms with Crippen molar-refractivity contribution in [1.82, 2.24) is 4.90 Å². The van der Waals surface area contributed by atoms with Crippen LogP contribution in [0.15, 0.2) is 0 Å². The summed E-state index contributed by atoms with van der Waals surface area (Å²) < 4.78 is 30.9. The Labute approximate surface area is 180 Å². The fraction of sp³-hybridized carbons (Fsp3) is 0.905. The third-order valence-electron chi connectivity index (χ3n) is 6.42. The van der Waals surface area contributed by atoms with Gasteiger partial charge in [-0.15, -0.1) is 0 Å². The average molecular weight is 444 g/mol. The maximum absolute atomic E-state index is 12.9. The van der Waals surface area contributed by atoms with Crippen LogP contribution in [0, 0.1) is 5.41 Å². The van der Waals surface area contributed by atoms with Gasteiger partial charge in [-0.2, -0.15) is 0 Å². The van der Waals surface area contributed by atoms with E-state index in [2.05, 4.69) is 33.9 Å². The number of carbonyl (C=O) groups is 2. The zero-order valence-electron chi connectivity index (χ0n) is 20.0. The highest BCUT2D eigenvalue weighted by Gasteiger charge is 2.66. The molecule has 0 bridgehead atoms. The molecule has 0 N–H and O–H groups in total. The van der Waals surface area contributed by atoms with Gasteiger partial charge in [0.15, 0.2) is 14.1 Å². The van der Waals surface area contributed by atoms with Gasteiger partial charge in [0.1, 0.15) is 24.9 Å². The van der Waals surface area contributed by atoms with Crippen molar-refractivity contribution in [3.8, 4) is 0 Å². The highest BCUT2D eigenvalue weighted by molar-refractivity contribution is 6.74. The van der Waals surface area contributed by atoms with E-state index in [0.29, 0.717) is 0 Å². The number of rotatable bonds is 2. The Balaban J connectivity index is 1.98. The van der Waals surface area contributed by atoms with Crippen LogP contribution in [-0.2, 0) is 28.2 Å². The lowest BCUT2D eigenvalue weighted by molar-refractivity contribution is -0.283. The van der Waals surface area contributed by atoms with Crippen LogP contribution in [0.5, 0.6) is 0 Å². The molecule has 2 amide bonds. The zero-order chi connectivity index (χ0) is 22.9. The van der Waals surface area contributed by atoms with Crippen LogP contribution >= 0.6 is 0 Å². The number of fused-ring (bicyclic) bond motifs is 1. The van der Waals surface area contributed by atoms with Crippen molar-refractivity contribution < 1.29 is 33.0 Å². The fourth-order valence-electron chi connectivity index (χ4n) is 3.76. The van der Waals surface area contributed by atoms with E-state index in [-0.39, 0.29) is 30.2 Å². The van der Waals surface area contributed by atoms with Gasteiger partial charge in [-0.1, -0.05) is 41.5 Å². The van der Waals surface area contributed by atoms with Crippen LogP contribution in [0.4, 0.5) is 4.79 Å². The Hall–Kier alpha value is -1.00. The Morgan fingerprint density at radius 1 is 1.13 bits per heavy atom. The lowest BCUT2D eigenvalue weighted by Crippen LogP contribution is -2.66. The lowest BCUT2D eigenvalue weighted by Gasteiger charge is -2.48. The van der Waals surface area contributed by atoms with Gasteiger partial charge in [0.05, 0.1) is 6.61 Å². The van der Waals surface area contributed by atoms with Gasteiger partial charge in [-0.25, -0.2) is 9.69 Å². The molecule has 0 unspecified atom stereocenters. The topological polar surface area (TPSA) is 83.5 Å². The van der Waals surface area contributed by atoms with Gasteiger partial charge in [0, 0.05) is 5.41 Å². The van der Waals surface area contributed by atoms with Crippen molar-refractivity contribution in [3.05, 3.63) is 0 Å². The quantitative estimate of drug-likeness (QED) is 0.602. The van der Waals surface area contributed by atoms with Gasteiger partial charge in [0.25, 0.3) is 5.79 Å². The van der Waals surface area contributed by atoms with E-state index in [1.165, 1.54) is 0 Å². The lowest BCUT2D eigenvalue weighted by atomic mass is 9.93. The van der Waals surface area contributed by atoms with Gasteiger partial charge >= 0.3 is 6.09 Å². The first kappa shape index (κ1) is 23.7. The van der Waals surface area contributed by atoms with Crippen LogP contribution in [0.3, 0.4) is 0 Å². The smallest absolute Gasteiger partial charge is 0.411 e. The number of imide groups is 1. The number of nitrogens with zero attached hydrogens (tertiary/aromatic N) is 1. The second-order valence-corrected chi connectivity index (χ2v) is 16.3. The van der Waals surface area contributed by atoms with E-state index in [0.717, 1.165) is 4.90 Å². The van der Waals surface area contributed by atoms with E-state index < -0.39 is 43.6 Å². The molecule has 3 fully saturated rings. The zero-order valence-corrected chi connectivity index (χ0v) is 21.0. The molecule has 172 valence electrons. The largest absolute Gasteiger partial charge is 0.419 e. The summed E-state index contributed by atoms with van der Waals surface area (Å²) in [5, 5.41) is -0.0837. The molecule has 0 aliphatic carbocycles. The Morgan fingerprint density at radius 3 is 2.27 bits per heavy atom. The molecule has 3 rings (SSSR count). The summed E-state index contributed by atoms with van der Waals surface area (Å²) in [6, 6.07) is 0. The molecule has 0 saturated carbocycles. The maximum atomic E-state index is 12.9. The molecule has 0 aromatic rings. The minimum atomic E-state index is -2.31. The number of hydrogen-bond acceptors (Lipinski definition) is 7. The first-order valence-corrected chi connectivity index (χ1v) is 13.5. The third kappa shape index (κ3) is 4.06. The number of hydrogen-bond donors (Lipinski definition) is 0. The summed E-state index contributed by atoms with van der Waals surface area (Å²) in [5.41, 5.74) is -0.730. The van der Waals surface area contributed by atoms with E-state index in [1.807, 2.05) is 13.8 Å². The molecular formula is C21H37NO7Si. The second kappa shape index (κ2) is 7.00. The van der Waals surface area contributed by atoms with Crippen molar-refractivity contribution in [3.63, 3.8) is 0 Å². The first-order valence-electron chi connectivity index (χ1n) is 10.6. The summed E-state index contributed by atoms with van der Waals surface area (Å²) in [4.78, 5) is 26.7. The predicted molar refractivity (Wildman–Crippen MR) is 112 cm³/mol. The normalized spacial score (nSPS) is 34.3. The number of ether oxygens (including phenoxy) is 4. The molecular weight excluding hydrogens is 406 g/mol. The van der Waals surface area contributed by atoms with Crippen molar-refractivity contribution in [2.24, 2.45) is 5.41 Å². The molecule has 4 atom stereocenters. The van der Waals surface area contributed by atoms with E-state index in [4.69, 9.17) is 23.4 Å². The summed E-state index contributed by atoms with van der Waals surface area (Å²) in [7, 11) is -2.31. The van der Waals surface area contributed by atoms with Crippen molar-refractivity contribution in [1.29, 1.82) is 0 Å². The van der Waals surface area contributed by atoms with Crippen molar-refractivity contribution in [2.45, 2.75) is 103 Å². The molecule has 3 aliphatic heterocycles. The molecule has 0 aromatic carbocycles. The van der Waals surface area contributed by atoms with Gasteiger partial charge in [-0.3, -0.25) is 4.79 Å². The molecule has 8 nitrogen and oxygen atoms in total. The molecule has 30 heavy (non-hydrogen) atoms. The van der Waals surface area contributed by atoms with Crippen LogP contribution in [-0.4, -0.2) is 68.3 Å². The highest BCUT2D eigenvalue weighted by atomic mass is 28.4. The Bertz CT molecular complexity index is 724. The molecule has 9 heteroatoms. The molecule has 0 radical (unpaired) electrons. The molecule has 3 aliphatic rings. The van der Waals surface area contributed by atoms with Crippen LogP contribution in [0.25, 0.3) is 0 Å². The summed E-state index contributed by atoms with van der Waals surface area (Å²) in [6.45, 7) is 19.8. The van der Waals surface area contributed by atoms with Crippen LogP contribution in [0.1, 0.15) is 55.4 Å². The standard InChI is InChI=1S/C21H37NO7Si/c1-18(2,3)16(23)22-12-21(28-17(22)24)15(29-30(9,10)19(4,5)6)14-13(11-25-21)26-20(7,8)27-14/h13-15H,11-12H2,1-10H3/t13-,14-,15+,21+/m1/s1. The predicted octanol–water partition coefficient (Wildman–Crippen LogP) is 3.65. The summed E-state index contributed by atoms with van der Waals surface area (Å²) in [5.74, 6) is -2.54. The minimum absolute atomic E-state index is 0.0335. The monoisotopic (exact) mass is 443 g/mol. The van der Waals surface area contributed by atoms with Gasteiger partial charge in [-0.05, 0) is 32.0 Å². The second-order valence-electron chi connectivity index (χ2n) is 11.6. The van der Waals surface area contributed by atoms with E-state index in [9.17, 15) is 9.59 Å². The number of amides is 2. The van der Waals surface area contributed by atoms with Gasteiger partial charge in [0.2, 0.25) is 5.91 Å². The van der Waals surface area contributed by atoms with Crippen LogP contribution in [0.2, 0.25) is 18.1 Å². The Morgan fingerprint density at radius 2 is 1.73 bits per heavy atom. The average Bonchev–Trinajstić information content (AvgIpc) is 3.04. The number of carbonyl (C=O) groups excluding carboxylic acids is 2. The molecule has 1 spiro atoms. The SMILES string of the molecule is CC1(C)O[C@@H]2[C@@H](CO[C@]3(CN(C(=O)C(C)(C)C)C(=O)O3)[C@H]2O[Si](C)(C)C(C)(C)C)O1. The van der Waals surface area contributed by atoms with Crippen molar-refractivity contribution >= 4 is 20.3 Å². The van der Waals surface area contributed by atoms with E-state index >= 15 is 0 Å². The van der Waals surface area contributed by atoms with Crippen molar-refractivity contribution in [2.75, 3.05) is 13.2 Å². The van der Waals surface area contributed by atoms with E-state index in [1.54, 1.807) is 20.8 Å². The summed E-state index contributed by atoms with van der Waals surface area (Å²) in [6.07, 6.45) is -2.23. The highest BCUT2D eigenvalue weighted by Crippen LogP contribution is 2.47. The first-order chi connectivity index (χ1) is 13.4. The minimum Gasteiger partial charge on any atom is -0.411 e.